The van der Waals surface area contributed by atoms with Gasteiger partial charge < -0.3 is 14.9 Å². The van der Waals surface area contributed by atoms with Gasteiger partial charge in [0.15, 0.2) is 0 Å². The zero-order valence-electron chi connectivity index (χ0n) is 6.15. The van der Waals surface area contributed by atoms with Crippen molar-refractivity contribution < 1.29 is 19.7 Å². The maximum atomic E-state index is 10.4. The normalized spacial score (nSPS) is 37.5. The Hall–Kier alpha value is -0.650. The molecule has 1 rings (SSSR count). The van der Waals surface area contributed by atoms with Crippen molar-refractivity contribution in [3.05, 3.63) is 0 Å². The summed E-state index contributed by atoms with van der Waals surface area (Å²) >= 11 is 0. The summed E-state index contributed by atoms with van der Waals surface area (Å²) in [5.41, 5.74) is 0. The molecule has 1 fully saturated rings. The number of aliphatic carboxylic acids is 1. The average Bonchev–Trinajstić information content (AvgIpc) is 2.30. The minimum atomic E-state index is -1.04. The van der Waals surface area contributed by atoms with Gasteiger partial charge >= 0.3 is 5.97 Å². The van der Waals surface area contributed by atoms with Crippen LogP contribution in [0.15, 0.2) is 0 Å². The molecule has 1 aliphatic rings. The Morgan fingerprint density at radius 1 is 1.73 bits per heavy atom. The van der Waals surface area contributed by atoms with Crippen molar-refractivity contribution in [1.29, 1.82) is 0 Å². The molecule has 1 heterocycles. The Bertz CT molecular complexity index is 161. The van der Waals surface area contributed by atoms with Crippen molar-refractivity contribution in [3.63, 3.8) is 0 Å². The smallest absolute Gasteiger partial charge is 0.323 e. The lowest BCUT2D eigenvalue weighted by Gasteiger charge is -2.13. The summed E-state index contributed by atoms with van der Waals surface area (Å²) in [6.45, 7) is 0.384. The van der Waals surface area contributed by atoms with Crippen molar-refractivity contribution in [2.45, 2.75) is 18.2 Å². The van der Waals surface area contributed by atoms with Crippen LogP contribution in [-0.2, 0) is 9.53 Å². The van der Waals surface area contributed by atoms with Gasteiger partial charge in [0.1, 0.15) is 12.1 Å². The van der Waals surface area contributed by atoms with Crippen molar-refractivity contribution >= 4 is 5.97 Å². The molecular formula is C6H11NO4. The van der Waals surface area contributed by atoms with E-state index in [0.717, 1.165) is 0 Å². The highest BCUT2D eigenvalue weighted by Crippen LogP contribution is 2.10. The maximum absolute atomic E-state index is 10.4. The first kappa shape index (κ1) is 8.45. The molecule has 0 aromatic heterocycles. The highest BCUT2D eigenvalue weighted by Gasteiger charge is 2.38. The lowest BCUT2D eigenvalue weighted by atomic mass is 10.1. The van der Waals surface area contributed by atoms with Crippen LogP contribution < -0.4 is 5.32 Å². The van der Waals surface area contributed by atoms with Crippen LogP contribution in [0.1, 0.15) is 0 Å². The van der Waals surface area contributed by atoms with Crippen molar-refractivity contribution in [2.75, 3.05) is 13.7 Å². The predicted molar refractivity (Wildman–Crippen MR) is 36.2 cm³/mol. The van der Waals surface area contributed by atoms with Gasteiger partial charge in [-0.15, -0.1) is 0 Å². The number of carboxylic acid groups (broad SMARTS) is 1. The van der Waals surface area contributed by atoms with Gasteiger partial charge in [0.2, 0.25) is 0 Å². The third kappa shape index (κ3) is 1.50. The summed E-state index contributed by atoms with van der Waals surface area (Å²) < 4.78 is 4.83. The summed E-state index contributed by atoms with van der Waals surface area (Å²) in [7, 11) is 1.44. The van der Waals surface area contributed by atoms with E-state index in [4.69, 9.17) is 9.84 Å². The van der Waals surface area contributed by atoms with Crippen LogP contribution in [0.5, 0.6) is 0 Å². The summed E-state index contributed by atoms with van der Waals surface area (Å²) in [4.78, 5) is 10.4. The molecule has 0 amide bonds. The van der Waals surface area contributed by atoms with Gasteiger partial charge in [-0.1, -0.05) is 0 Å². The zero-order valence-corrected chi connectivity index (χ0v) is 6.15. The number of nitrogens with one attached hydrogen (secondary N) is 1. The van der Waals surface area contributed by atoms with Crippen LogP contribution in [0.3, 0.4) is 0 Å². The Morgan fingerprint density at radius 2 is 2.36 bits per heavy atom. The van der Waals surface area contributed by atoms with E-state index in [1.165, 1.54) is 7.11 Å². The SMILES string of the molecule is CO[C@@H]1CN[C@H](C(=O)O)[C@H]1O. The second kappa shape index (κ2) is 3.17. The van der Waals surface area contributed by atoms with E-state index in [-0.39, 0.29) is 0 Å². The summed E-state index contributed by atoms with van der Waals surface area (Å²) in [5, 5.41) is 20.4. The lowest BCUT2D eigenvalue weighted by Crippen LogP contribution is -2.40. The highest BCUT2D eigenvalue weighted by molar-refractivity contribution is 5.74. The Kier molecular flexibility index (Phi) is 2.43. The first-order valence-electron chi connectivity index (χ1n) is 3.34. The molecule has 64 valence electrons. The first-order chi connectivity index (χ1) is 5.16. The van der Waals surface area contributed by atoms with E-state index in [0.29, 0.717) is 6.54 Å². The van der Waals surface area contributed by atoms with Gasteiger partial charge in [-0.2, -0.15) is 0 Å². The number of carboxylic acids is 1. The van der Waals surface area contributed by atoms with E-state index in [2.05, 4.69) is 5.32 Å². The van der Waals surface area contributed by atoms with Gasteiger partial charge in [-0.25, -0.2) is 0 Å². The molecule has 0 aromatic rings. The quantitative estimate of drug-likeness (QED) is 0.455. The number of carbonyl (C=O) groups is 1. The molecule has 5 heteroatoms. The third-order valence-electron chi connectivity index (χ3n) is 1.83. The van der Waals surface area contributed by atoms with Gasteiger partial charge in [-0.3, -0.25) is 10.1 Å². The van der Waals surface area contributed by atoms with Gasteiger partial charge in [0, 0.05) is 13.7 Å². The molecule has 0 saturated carbocycles. The van der Waals surface area contributed by atoms with Crippen LogP contribution in [0.25, 0.3) is 0 Å². The fraction of sp³-hybridized carbons (Fsp3) is 0.833. The number of aliphatic hydroxyl groups is 1. The topological polar surface area (TPSA) is 78.8 Å². The van der Waals surface area contributed by atoms with Gasteiger partial charge in [-0.05, 0) is 0 Å². The molecule has 5 nitrogen and oxygen atoms in total. The van der Waals surface area contributed by atoms with E-state index in [1.807, 2.05) is 0 Å². The Balaban J connectivity index is 2.55. The molecule has 3 N–H and O–H groups in total. The number of hydrogen-bond donors (Lipinski definition) is 3. The number of aliphatic hydroxyl groups excluding tert-OH is 1. The minimum absolute atomic E-state index is 0.384. The van der Waals surface area contributed by atoms with E-state index in [9.17, 15) is 9.90 Å². The van der Waals surface area contributed by atoms with Crippen LogP contribution in [-0.4, -0.2) is 48.1 Å². The minimum Gasteiger partial charge on any atom is -0.480 e. The fourth-order valence-corrected chi connectivity index (χ4v) is 1.16. The van der Waals surface area contributed by atoms with E-state index in [1.54, 1.807) is 0 Å². The molecular weight excluding hydrogens is 150 g/mol. The molecule has 1 saturated heterocycles. The van der Waals surface area contributed by atoms with Crippen molar-refractivity contribution in [1.82, 2.24) is 5.32 Å². The molecule has 0 radical (unpaired) electrons. The number of ether oxygens (including phenoxy) is 1. The fourth-order valence-electron chi connectivity index (χ4n) is 1.16. The van der Waals surface area contributed by atoms with Crippen LogP contribution >= 0.6 is 0 Å². The summed E-state index contributed by atoms with van der Waals surface area (Å²) in [5.74, 6) is -1.04. The number of hydrogen-bond acceptors (Lipinski definition) is 4. The molecule has 0 bridgehead atoms. The lowest BCUT2D eigenvalue weighted by molar-refractivity contribution is -0.142. The van der Waals surface area contributed by atoms with Crippen molar-refractivity contribution in [3.8, 4) is 0 Å². The maximum Gasteiger partial charge on any atom is 0.323 e. The Labute approximate surface area is 64.0 Å². The molecule has 0 spiro atoms. The molecule has 0 aliphatic carbocycles. The third-order valence-corrected chi connectivity index (χ3v) is 1.83. The second-order valence-electron chi connectivity index (χ2n) is 2.49. The zero-order chi connectivity index (χ0) is 8.43. The van der Waals surface area contributed by atoms with Gasteiger partial charge in [0.25, 0.3) is 0 Å². The monoisotopic (exact) mass is 161 g/mol. The molecule has 0 aromatic carbocycles. The largest absolute Gasteiger partial charge is 0.480 e. The molecule has 3 atom stereocenters. The second-order valence-corrected chi connectivity index (χ2v) is 2.49. The van der Waals surface area contributed by atoms with Crippen LogP contribution in [0, 0.1) is 0 Å². The average molecular weight is 161 g/mol. The standard InChI is InChI=1S/C6H11NO4/c1-11-3-2-7-4(5(3)8)6(9)10/h3-5,7-8H,2H2,1H3,(H,9,10)/t3-,4+,5+/m1/s1. The van der Waals surface area contributed by atoms with Crippen molar-refractivity contribution in [2.24, 2.45) is 0 Å². The summed E-state index contributed by atoms with van der Waals surface area (Å²) in [6, 6.07) is -0.889. The van der Waals surface area contributed by atoms with E-state index >= 15 is 0 Å². The number of rotatable bonds is 2. The highest BCUT2D eigenvalue weighted by atomic mass is 16.5. The number of methoxy groups -OCH3 is 1. The first-order valence-corrected chi connectivity index (χ1v) is 3.34. The van der Waals surface area contributed by atoms with Gasteiger partial charge in [0.05, 0.1) is 6.10 Å². The molecule has 0 unspecified atom stereocenters. The predicted octanol–water partition coefficient (Wildman–Crippen LogP) is -1.58. The molecule has 1 aliphatic heterocycles. The molecule has 11 heavy (non-hydrogen) atoms. The van der Waals surface area contributed by atoms with E-state index < -0.39 is 24.2 Å². The van der Waals surface area contributed by atoms with Crippen LogP contribution in [0.2, 0.25) is 0 Å². The summed E-state index contributed by atoms with van der Waals surface area (Å²) in [6.07, 6.45) is -1.35. The Morgan fingerprint density at radius 3 is 2.64 bits per heavy atom. The van der Waals surface area contributed by atoms with Crippen LogP contribution in [0.4, 0.5) is 0 Å².